The number of hydrogen-bond donors (Lipinski definition) is 0. The van der Waals surface area contributed by atoms with Gasteiger partial charge in [0, 0.05) is 6.54 Å². The van der Waals surface area contributed by atoms with Crippen LogP contribution < -0.4 is 4.74 Å². The Hall–Kier alpha value is -2.04. The van der Waals surface area contributed by atoms with Gasteiger partial charge in [-0.1, -0.05) is 12.1 Å². The molecule has 3 rings (SSSR count). The quantitative estimate of drug-likeness (QED) is 0.786. The summed E-state index contributed by atoms with van der Waals surface area (Å²) in [5.41, 5.74) is 0.730. The predicted molar refractivity (Wildman–Crippen MR) is 80.9 cm³/mol. The molecule has 0 N–H and O–H groups in total. The van der Waals surface area contributed by atoms with E-state index in [4.69, 9.17) is 9.47 Å². The second-order valence-corrected chi connectivity index (χ2v) is 6.07. The average molecular weight is 303 g/mol. The Bertz CT molecular complexity index is 613. The van der Waals surface area contributed by atoms with E-state index in [1.54, 1.807) is 17.9 Å². The summed E-state index contributed by atoms with van der Waals surface area (Å²) in [4.78, 5) is 26.7. The molecule has 1 atom stereocenters. The average Bonchev–Trinajstić information content (AvgIpc) is 2.96. The lowest BCUT2D eigenvalue weighted by molar-refractivity contribution is -0.151. The highest BCUT2D eigenvalue weighted by Crippen LogP contribution is 2.35. The first-order valence-electron chi connectivity index (χ1n) is 7.73. The number of amides is 1. The van der Waals surface area contributed by atoms with Gasteiger partial charge in [0.1, 0.15) is 11.3 Å². The lowest BCUT2D eigenvalue weighted by Gasteiger charge is -2.33. The summed E-state index contributed by atoms with van der Waals surface area (Å²) in [6.07, 6.45) is 3.31. The molecule has 1 amide bonds. The van der Waals surface area contributed by atoms with Crippen molar-refractivity contribution in [1.29, 1.82) is 0 Å². The van der Waals surface area contributed by atoms with Crippen molar-refractivity contribution in [3.63, 3.8) is 0 Å². The first-order valence-corrected chi connectivity index (χ1v) is 7.73. The van der Waals surface area contributed by atoms with E-state index >= 15 is 0 Å². The van der Waals surface area contributed by atoms with Gasteiger partial charge in [-0.3, -0.25) is 4.79 Å². The van der Waals surface area contributed by atoms with E-state index in [1.165, 1.54) is 7.11 Å². The van der Waals surface area contributed by atoms with Crippen molar-refractivity contribution >= 4 is 11.9 Å². The molecular formula is C17H21NO4. The van der Waals surface area contributed by atoms with Crippen LogP contribution in [0, 0.1) is 0 Å². The van der Waals surface area contributed by atoms with E-state index in [0.29, 0.717) is 30.9 Å². The largest absolute Gasteiger partial charge is 0.492 e. The minimum Gasteiger partial charge on any atom is -0.492 e. The van der Waals surface area contributed by atoms with Gasteiger partial charge in [0.15, 0.2) is 0 Å². The molecule has 2 heterocycles. The maximum atomic E-state index is 13.0. The summed E-state index contributed by atoms with van der Waals surface area (Å²) < 4.78 is 10.6. The van der Waals surface area contributed by atoms with Gasteiger partial charge in [0.2, 0.25) is 0 Å². The first kappa shape index (κ1) is 14.9. The summed E-state index contributed by atoms with van der Waals surface area (Å²) in [5.74, 6) is 0.172. The number of methoxy groups -OCH3 is 1. The van der Waals surface area contributed by atoms with E-state index in [2.05, 4.69) is 0 Å². The number of carbonyl (C=O) groups is 2. The molecule has 5 heteroatoms. The van der Waals surface area contributed by atoms with E-state index in [9.17, 15) is 9.59 Å². The minimum atomic E-state index is -0.886. The van der Waals surface area contributed by atoms with Gasteiger partial charge >= 0.3 is 5.97 Å². The number of hydrogen-bond acceptors (Lipinski definition) is 4. The Labute approximate surface area is 130 Å². The van der Waals surface area contributed by atoms with E-state index in [1.807, 2.05) is 12.1 Å². The molecule has 1 aromatic carbocycles. The van der Waals surface area contributed by atoms with E-state index < -0.39 is 5.54 Å². The standard InChI is InChI=1S/C17H21NO4/c1-17(16(20)21-2)9-5-10-18(17)15(19)13-8-3-6-12-7-4-11-22-14(12)13/h3,6,8H,4-5,7,9-11H2,1-2H3/t17-/m1/s1. The van der Waals surface area contributed by atoms with Crippen molar-refractivity contribution in [2.24, 2.45) is 0 Å². The third-order valence-electron chi connectivity index (χ3n) is 4.68. The normalized spacial score (nSPS) is 23.6. The molecule has 0 aliphatic carbocycles. The molecule has 0 bridgehead atoms. The number of fused-ring (bicyclic) bond motifs is 1. The van der Waals surface area contributed by atoms with Crippen LogP contribution in [0.2, 0.25) is 0 Å². The predicted octanol–water partition coefficient (Wildman–Crippen LogP) is 2.18. The lowest BCUT2D eigenvalue weighted by Crippen LogP contribution is -2.51. The number of rotatable bonds is 2. The summed E-state index contributed by atoms with van der Waals surface area (Å²) >= 11 is 0. The fraction of sp³-hybridized carbons (Fsp3) is 0.529. The fourth-order valence-corrected chi connectivity index (χ4v) is 3.42. The Morgan fingerprint density at radius 1 is 1.32 bits per heavy atom. The van der Waals surface area contributed by atoms with E-state index in [-0.39, 0.29) is 11.9 Å². The van der Waals surface area contributed by atoms with Gasteiger partial charge in [-0.2, -0.15) is 0 Å². The van der Waals surface area contributed by atoms with Gasteiger partial charge in [0.05, 0.1) is 19.3 Å². The summed E-state index contributed by atoms with van der Waals surface area (Å²) in [5, 5.41) is 0. The molecule has 5 nitrogen and oxygen atoms in total. The zero-order valence-electron chi connectivity index (χ0n) is 13.1. The number of aryl methyl sites for hydroxylation is 1. The van der Waals surface area contributed by atoms with Crippen LogP contribution in [0.1, 0.15) is 42.1 Å². The maximum absolute atomic E-state index is 13.0. The first-order chi connectivity index (χ1) is 10.6. The maximum Gasteiger partial charge on any atom is 0.331 e. The van der Waals surface area contributed by atoms with Gasteiger partial charge in [-0.15, -0.1) is 0 Å². The number of para-hydroxylation sites is 1. The van der Waals surface area contributed by atoms with Gasteiger partial charge in [-0.25, -0.2) is 4.79 Å². The fourth-order valence-electron chi connectivity index (χ4n) is 3.42. The smallest absolute Gasteiger partial charge is 0.331 e. The zero-order chi connectivity index (χ0) is 15.7. The van der Waals surface area contributed by atoms with Crippen molar-refractivity contribution in [3.05, 3.63) is 29.3 Å². The second-order valence-electron chi connectivity index (χ2n) is 6.07. The van der Waals surface area contributed by atoms with Gasteiger partial charge < -0.3 is 14.4 Å². The molecule has 22 heavy (non-hydrogen) atoms. The number of nitrogens with zero attached hydrogens (tertiary/aromatic N) is 1. The van der Waals surface area contributed by atoms with Crippen LogP contribution in [0.5, 0.6) is 5.75 Å². The Morgan fingerprint density at radius 3 is 2.91 bits per heavy atom. The zero-order valence-corrected chi connectivity index (χ0v) is 13.1. The summed E-state index contributed by atoms with van der Waals surface area (Å²) in [6.45, 7) is 2.97. The lowest BCUT2D eigenvalue weighted by atomic mass is 9.97. The number of esters is 1. The molecule has 0 spiro atoms. The van der Waals surface area contributed by atoms with Crippen LogP contribution in [0.25, 0.3) is 0 Å². The summed E-state index contributed by atoms with van der Waals surface area (Å²) in [7, 11) is 1.36. The van der Waals surface area contributed by atoms with Crippen molar-refractivity contribution in [3.8, 4) is 5.75 Å². The molecule has 0 unspecified atom stereocenters. The van der Waals surface area contributed by atoms with Crippen LogP contribution in [-0.2, 0) is 16.0 Å². The van der Waals surface area contributed by atoms with E-state index in [0.717, 1.165) is 24.8 Å². The van der Waals surface area contributed by atoms with Gasteiger partial charge in [0.25, 0.3) is 5.91 Å². The molecular weight excluding hydrogens is 282 g/mol. The monoisotopic (exact) mass is 303 g/mol. The number of ether oxygens (including phenoxy) is 2. The molecule has 0 radical (unpaired) electrons. The molecule has 2 aliphatic rings. The molecule has 1 aromatic rings. The Morgan fingerprint density at radius 2 is 2.14 bits per heavy atom. The molecule has 0 aromatic heterocycles. The SMILES string of the molecule is COC(=O)[C@@]1(C)CCCN1C(=O)c1cccc2c1OCCC2. The highest BCUT2D eigenvalue weighted by Gasteiger charge is 2.47. The third kappa shape index (κ3) is 2.25. The van der Waals surface area contributed by atoms with Crippen molar-refractivity contribution in [2.45, 2.75) is 38.1 Å². The third-order valence-corrected chi connectivity index (χ3v) is 4.68. The van der Waals surface area contributed by atoms with Crippen LogP contribution >= 0.6 is 0 Å². The second kappa shape index (κ2) is 5.63. The molecule has 1 fully saturated rings. The topological polar surface area (TPSA) is 55.8 Å². The van der Waals surface area contributed by atoms with Crippen LogP contribution in [0.3, 0.4) is 0 Å². The van der Waals surface area contributed by atoms with Crippen molar-refractivity contribution in [2.75, 3.05) is 20.3 Å². The highest BCUT2D eigenvalue weighted by molar-refractivity contribution is 6.00. The molecule has 118 valence electrons. The number of likely N-dealkylation sites (tertiary alicyclic amines) is 1. The van der Waals surface area contributed by atoms with Crippen molar-refractivity contribution < 1.29 is 19.1 Å². The molecule has 0 saturated carbocycles. The van der Waals surface area contributed by atoms with Crippen LogP contribution in [0.15, 0.2) is 18.2 Å². The van der Waals surface area contributed by atoms with Crippen LogP contribution in [-0.4, -0.2) is 42.6 Å². The Kier molecular flexibility index (Phi) is 3.81. The van der Waals surface area contributed by atoms with Gasteiger partial charge in [-0.05, 0) is 44.2 Å². The minimum absolute atomic E-state index is 0.149. The van der Waals surface area contributed by atoms with Crippen LogP contribution in [0.4, 0.5) is 0 Å². The molecule has 2 aliphatic heterocycles. The number of benzene rings is 1. The highest BCUT2D eigenvalue weighted by atomic mass is 16.5. The summed E-state index contributed by atoms with van der Waals surface area (Å²) in [6, 6.07) is 5.66. The van der Waals surface area contributed by atoms with Crippen molar-refractivity contribution in [1.82, 2.24) is 4.90 Å². The number of carbonyl (C=O) groups excluding carboxylic acids is 2. The Balaban J connectivity index is 1.96. The molecule has 1 saturated heterocycles.